The maximum absolute atomic E-state index is 12.4. The molecule has 128 valence electrons. The Balaban J connectivity index is 1.62. The largest absolute Gasteiger partial charge is 0.484 e. The van der Waals surface area contributed by atoms with Crippen LogP contribution < -0.4 is 10.1 Å². The fourth-order valence-corrected chi connectivity index (χ4v) is 3.70. The molecule has 0 amide bonds. The molecule has 3 rings (SSSR count). The molecule has 0 aliphatic carbocycles. The minimum Gasteiger partial charge on any atom is -0.484 e. The number of piperidine rings is 1. The minimum atomic E-state index is -4.31. The average Bonchev–Trinajstić information content (AvgIpc) is 2.89. The zero-order chi connectivity index (χ0) is 16.3. The number of nitrogens with one attached hydrogen (secondary N) is 1. The predicted octanol–water partition coefficient (Wildman–Crippen LogP) is 3.20. The summed E-state index contributed by atoms with van der Waals surface area (Å²) in [7, 11) is 0. The van der Waals surface area contributed by atoms with E-state index in [1.54, 1.807) is 12.1 Å². The standard InChI is InChI=1S/C17H23F3N2O/c18-17(19,20)13-23-15-4-2-1-3-14(15)11-22-10-7-16(12-22)5-8-21-9-6-16/h1-4,21H,5-13H2. The molecule has 0 aromatic heterocycles. The minimum absolute atomic E-state index is 0.344. The summed E-state index contributed by atoms with van der Waals surface area (Å²) in [4.78, 5) is 2.35. The van der Waals surface area contributed by atoms with Gasteiger partial charge < -0.3 is 10.1 Å². The number of hydrogen-bond acceptors (Lipinski definition) is 3. The number of para-hydroxylation sites is 1. The maximum atomic E-state index is 12.4. The molecule has 0 saturated carbocycles. The number of benzene rings is 1. The first kappa shape index (κ1) is 16.6. The van der Waals surface area contributed by atoms with Crippen LogP contribution in [0.4, 0.5) is 13.2 Å². The summed E-state index contributed by atoms with van der Waals surface area (Å²) in [6, 6.07) is 7.05. The van der Waals surface area contributed by atoms with Gasteiger partial charge in [0.2, 0.25) is 0 Å². The topological polar surface area (TPSA) is 24.5 Å². The highest BCUT2D eigenvalue weighted by Gasteiger charge is 2.38. The first-order chi connectivity index (χ1) is 11.0. The van der Waals surface area contributed by atoms with Crippen LogP contribution in [0.15, 0.2) is 24.3 Å². The van der Waals surface area contributed by atoms with E-state index in [4.69, 9.17) is 4.74 Å². The van der Waals surface area contributed by atoms with Crippen molar-refractivity contribution in [2.24, 2.45) is 5.41 Å². The zero-order valence-electron chi connectivity index (χ0n) is 13.2. The summed E-state index contributed by atoms with van der Waals surface area (Å²) in [5, 5.41) is 3.40. The van der Waals surface area contributed by atoms with Gasteiger partial charge in [-0.15, -0.1) is 0 Å². The second-order valence-corrected chi connectivity index (χ2v) is 6.72. The number of likely N-dealkylation sites (tertiary alicyclic amines) is 1. The molecule has 1 aromatic rings. The highest BCUT2D eigenvalue weighted by Crippen LogP contribution is 2.39. The molecule has 2 heterocycles. The maximum Gasteiger partial charge on any atom is 0.422 e. The van der Waals surface area contributed by atoms with E-state index in [9.17, 15) is 13.2 Å². The first-order valence-corrected chi connectivity index (χ1v) is 8.16. The van der Waals surface area contributed by atoms with Gasteiger partial charge in [-0.25, -0.2) is 0 Å². The lowest BCUT2D eigenvalue weighted by molar-refractivity contribution is -0.153. The first-order valence-electron chi connectivity index (χ1n) is 8.16. The molecule has 0 atom stereocenters. The second kappa shape index (κ2) is 6.69. The van der Waals surface area contributed by atoms with Gasteiger partial charge in [-0.1, -0.05) is 18.2 Å². The van der Waals surface area contributed by atoms with Crippen LogP contribution in [-0.2, 0) is 6.54 Å². The van der Waals surface area contributed by atoms with Crippen LogP contribution in [0.1, 0.15) is 24.8 Å². The van der Waals surface area contributed by atoms with Gasteiger partial charge in [0.25, 0.3) is 0 Å². The molecule has 0 unspecified atom stereocenters. The summed E-state index contributed by atoms with van der Waals surface area (Å²) in [6.07, 6.45) is -0.744. The summed E-state index contributed by atoms with van der Waals surface area (Å²) in [5.74, 6) is 0.344. The lowest BCUT2D eigenvalue weighted by atomic mass is 9.78. The van der Waals surface area contributed by atoms with Crippen LogP contribution in [0.25, 0.3) is 0 Å². The summed E-state index contributed by atoms with van der Waals surface area (Å²) < 4.78 is 42.1. The Labute approximate surface area is 134 Å². The van der Waals surface area contributed by atoms with Gasteiger partial charge in [-0.2, -0.15) is 13.2 Å². The van der Waals surface area contributed by atoms with Crippen molar-refractivity contribution in [3.05, 3.63) is 29.8 Å². The van der Waals surface area contributed by atoms with Crippen molar-refractivity contribution < 1.29 is 17.9 Å². The van der Waals surface area contributed by atoms with E-state index in [1.165, 1.54) is 19.3 Å². The van der Waals surface area contributed by atoms with Crippen molar-refractivity contribution in [1.82, 2.24) is 10.2 Å². The quantitative estimate of drug-likeness (QED) is 0.919. The molecule has 2 fully saturated rings. The van der Waals surface area contributed by atoms with Gasteiger partial charge in [0.15, 0.2) is 6.61 Å². The van der Waals surface area contributed by atoms with Crippen LogP contribution >= 0.6 is 0 Å². The van der Waals surface area contributed by atoms with E-state index in [2.05, 4.69) is 10.2 Å². The van der Waals surface area contributed by atoms with Gasteiger partial charge in [0.05, 0.1) is 0 Å². The predicted molar refractivity (Wildman–Crippen MR) is 82.4 cm³/mol. The van der Waals surface area contributed by atoms with Crippen molar-refractivity contribution in [3.63, 3.8) is 0 Å². The number of rotatable bonds is 4. The van der Waals surface area contributed by atoms with Crippen molar-refractivity contribution in [1.29, 1.82) is 0 Å². The van der Waals surface area contributed by atoms with Crippen LogP contribution in [0.3, 0.4) is 0 Å². The van der Waals surface area contributed by atoms with Crippen molar-refractivity contribution >= 4 is 0 Å². The molecule has 0 bridgehead atoms. The molecule has 3 nitrogen and oxygen atoms in total. The summed E-state index contributed by atoms with van der Waals surface area (Å²) in [6.45, 7) is 3.59. The Morgan fingerprint density at radius 1 is 1.13 bits per heavy atom. The third kappa shape index (κ3) is 4.38. The number of nitrogens with zero attached hydrogens (tertiary/aromatic N) is 1. The monoisotopic (exact) mass is 328 g/mol. The molecule has 0 radical (unpaired) electrons. The Hall–Kier alpha value is -1.27. The van der Waals surface area contributed by atoms with Crippen molar-refractivity contribution in [2.45, 2.75) is 32.0 Å². The fraction of sp³-hybridized carbons (Fsp3) is 0.647. The average molecular weight is 328 g/mol. The molecule has 1 spiro atoms. The van der Waals surface area contributed by atoms with Crippen LogP contribution in [0.2, 0.25) is 0 Å². The van der Waals surface area contributed by atoms with Gasteiger partial charge in [-0.3, -0.25) is 4.90 Å². The smallest absolute Gasteiger partial charge is 0.422 e. The lowest BCUT2D eigenvalue weighted by Crippen LogP contribution is -2.38. The second-order valence-electron chi connectivity index (χ2n) is 6.72. The number of alkyl halides is 3. The van der Waals surface area contributed by atoms with Gasteiger partial charge in [0.1, 0.15) is 5.75 Å². The number of ether oxygens (including phenoxy) is 1. The SMILES string of the molecule is FC(F)(F)COc1ccccc1CN1CCC2(CCNCC2)C1. The van der Waals surface area contributed by atoms with Gasteiger partial charge in [-0.05, 0) is 50.4 Å². The molecule has 1 N–H and O–H groups in total. The van der Waals surface area contributed by atoms with E-state index in [1.807, 2.05) is 12.1 Å². The fourth-order valence-electron chi connectivity index (χ4n) is 3.70. The summed E-state index contributed by atoms with van der Waals surface area (Å²) in [5.41, 5.74) is 1.23. The molecule has 23 heavy (non-hydrogen) atoms. The highest BCUT2D eigenvalue weighted by molar-refractivity contribution is 5.33. The van der Waals surface area contributed by atoms with Crippen LogP contribution in [0, 0.1) is 5.41 Å². The third-order valence-electron chi connectivity index (χ3n) is 4.94. The van der Waals surface area contributed by atoms with Gasteiger partial charge >= 0.3 is 6.18 Å². The molecule has 2 aliphatic heterocycles. The highest BCUT2D eigenvalue weighted by atomic mass is 19.4. The van der Waals surface area contributed by atoms with E-state index in [-0.39, 0.29) is 0 Å². The van der Waals surface area contributed by atoms with Crippen LogP contribution in [0.5, 0.6) is 5.75 Å². The van der Waals surface area contributed by atoms with E-state index in [0.717, 1.165) is 31.7 Å². The Morgan fingerprint density at radius 3 is 2.61 bits per heavy atom. The normalized spacial score (nSPS) is 21.7. The Morgan fingerprint density at radius 2 is 1.87 bits per heavy atom. The third-order valence-corrected chi connectivity index (χ3v) is 4.94. The van der Waals surface area contributed by atoms with Crippen molar-refractivity contribution in [3.8, 4) is 5.75 Å². The Kier molecular flexibility index (Phi) is 4.82. The molecular weight excluding hydrogens is 305 g/mol. The molecule has 6 heteroatoms. The Bertz CT molecular complexity index is 527. The van der Waals surface area contributed by atoms with E-state index < -0.39 is 12.8 Å². The molecular formula is C17H23F3N2O. The van der Waals surface area contributed by atoms with Crippen molar-refractivity contribution in [2.75, 3.05) is 32.8 Å². The number of halogens is 3. The lowest BCUT2D eigenvalue weighted by Gasteiger charge is -2.34. The van der Waals surface area contributed by atoms with Crippen LogP contribution in [-0.4, -0.2) is 43.9 Å². The van der Waals surface area contributed by atoms with E-state index in [0.29, 0.717) is 17.7 Å². The molecule has 2 saturated heterocycles. The molecule has 1 aromatic carbocycles. The number of hydrogen-bond donors (Lipinski definition) is 1. The molecule has 2 aliphatic rings. The summed E-state index contributed by atoms with van der Waals surface area (Å²) >= 11 is 0. The zero-order valence-corrected chi connectivity index (χ0v) is 13.2. The van der Waals surface area contributed by atoms with Gasteiger partial charge in [0, 0.05) is 18.7 Å². The van der Waals surface area contributed by atoms with E-state index >= 15 is 0 Å².